The molecular formula is C16H23FN2O3. The van der Waals surface area contributed by atoms with Crippen LogP contribution in [0.5, 0.6) is 5.75 Å². The molecule has 2 rings (SSSR count). The van der Waals surface area contributed by atoms with E-state index in [9.17, 15) is 14.3 Å². The zero-order chi connectivity index (χ0) is 16.1. The van der Waals surface area contributed by atoms with E-state index in [-0.39, 0.29) is 23.8 Å². The number of rotatable bonds is 5. The highest BCUT2D eigenvalue weighted by Crippen LogP contribution is 2.20. The van der Waals surface area contributed by atoms with E-state index < -0.39 is 5.82 Å². The van der Waals surface area contributed by atoms with Gasteiger partial charge in [-0.2, -0.15) is 0 Å². The molecule has 1 aromatic carbocycles. The highest BCUT2D eigenvalue weighted by Gasteiger charge is 2.28. The number of nitrogens with zero attached hydrogens (tertiary/aromatic N) is 1. The highest BCUT2D eigenvalue weighted by atomic mass is 19.1. The molecule has 0 unspecified atom stereocenters. The molecule has 1 aromatic rings. The summed E-state index contributed by atoms with van der Waals surface area (Å²) in [5, 5.41) is 12.4. The van der Waals surface area contributed by atoms with Crippen molar-refractivity contribution in [2.75, 3.05) is 26.7 Å². The fraction of sp³-hybridized carbons (Fsp3) is 0.562. The molecular weight excluding hydrogens is 287 g/mol. The lowest BCUT2D eigenvalue weighted by atomic mass is 10.0. The number of carbonyl (C=O) groups is 1. The van der Waals surface area contributed by atoms with Crippen molar-refractivity contribution in [3.8, 4) is 5.75 Å². The van der Waals surface area contributed by atoms with Gasteiger partial charge in [0.25, 0.3) is 0 Å². The molecule has 0 spiro atoms. The van der Waals surface area contributed by atoms with Gasteiger partial charge in [0.1, 0.15) is 0 Å². The van der Waals surface area contributed by atoms with Crippen molar-refractivity contribution in [1.29, 1.82) is 0 Å². The summed E-state index contributed by atoms with van der Waals surface area (Å²) in [6.45, 7) is 3.50. The minimum absolute atomic E-state index is 0.114. The van der Waals surface area contributed by atoms with Gasteiger partial charge in [0.15, 0.2) is 11.6 Å². The van der Waals surface area contributed by atoms with Crippen molar-refractivity contribution in [3.63, 3.8) is 0 Å². The molecule has 2 N–H and O–H groups in total. The van der Waals surface area contributed by atoms with E-state index in [1.54, 1.807) is 24.0 Å². The number of amides is 2. The SMILES string of the molecule is COc1cc(CCNC(=O)N2CC[C@@H]([C@H](C)O)C2)ccc1F. The number of halogens is 1. The lowest BCUT2D eigenvalue weighted by Crippen LogP contribution is -2.39. The average molecular weight is 310 g/mol. The lowest BCUT2D eigenvalue weighted by molar-refractivity contribution is 0.129. The van der Waals surface area contributed by atoms with Gasteiger partial charge in [-0.25, -0.2) is 9.18 Å². The summed E-state index contributed by atoms with van der Waals surface area (Å²) >= 11 is 0. The maximum absolute atomic E-state index is 13.3. The molecule has 1 heterocycles. The fourth-order valence-electron chi connectivity index (χ4n) is 2.65. The standard InChI is InChI=1S/C16H23FN2O3/c1-11(20)13-6-8-19(10-13)16(21)18-7-5-12-3-4-14(17)15(9-12)22-2/h3-4,9,11,13,20H,5-8,10H2,1-2H3,(H,18,21)/t11-,13+/m0/s1. The first kappa shape index (κ1) is 16.5. The Labute approximate surface area is 130 Å². The number of aliphatic hydroxyl groups is 1. The molecule has 22 heavy (non-hydrogen) atoms. The number of nitrogens with one attached hydrogen (secondary N) is 1. The fourth-order valence-corrected chi connectivity index (χ4v) is 2.65. The van der Waals surface area contributed by atoms with Gasteiger partial charge < -0.3 is 20.1 Å². The molecule has 0 radical (unpaired) electrons. The smallest absolute Gasteiger partial charge is 0.317 e. The lowest BCUT2D eigenvalue weighted by Gasteiger charge is -2.18. The summed E-state index contributed by atoms with van der Waals surface area (Å²) in [6.07, 6.45) is 1.06. The van der Waals surface area contributed by atoms with Crippen molar-refractivity contribution in [2.24, 2.45) is 5.92 Å². The third kappa shape index (κ3) is 4.10. The van der Waals surface area contributed by atoms with Crippen molar-refractivity contribution in [3.05, 3.63) is 29.6 Å². The van der Waals surface area contributed by atoms with E-state index in [1.165, 1.54) is 13.2 Å². The Bertz CT molecular complexity index is 522. The van der Waals surface area contributed by atoms with Gasteiger partial charge in [-0.05, 0) is 37.5 Å². The van der Waals surface area contributed by atoms with Gasteiger partial charge in [-0.1, -0.05) is 6.07 Å². The van der Waals surface area contributed by atoms with Crippen molar-refractivity contribution < 1.29 is 19.0 Å². The predicted octanol–water partition coefficient (Wildman–Crippen LogP) is 1.79. The molecule has 0 aliphatic carbocycles. The van der Waals surface area contributed by atoms with E-state index in [1.807, 2.05) is 0 Å². The summed E-state index contributed by atoms with van der Waals surface area (Å²) in [5.41, 5.74) is 0.904. The molecule has 6 heteroatoms. The summed E-state index contributed by atoms with van der Waals surface area (Å²) in [7, 11) is 1.43. The van der Waals surface area contributed by atoms with Crippen LogP contribution in [0.2, 0.25) is 0 Å². The van der Waals surface area contributed by atoms with Crippen molar-refractivity contribution in [2.45, 2.75) is 25.9 Å². The largest absolute Gasteiger partial charge is 0.494 e. The Morgan fingerprint density at radius 3 is 3.00 bits per heavy atom. The zero-order valence-corrected chi connectivity index (χ0v) is 13.0. The maximum Gasteiger partial charge on any atom is 0.317 e. The van der Waals surface area contributed by atoms with Crippen LogP contribution in [0.25, 0.3) is 0 Å². The van der Waals surface area contributed by atoms with Crippen LogP contribution >= 0.6 is 0 Å². The van der Waals surface area contributed by atoms with E-state index in [0.29, 0.717) is 26.1 Å². The van der Waals surface area contributed by atoms with E-state index in [4.69, 9.17) is 4.74 Å². The normalized spacial score (nSPS) is 19.1. The molecule has 1 aliphatic heterocycles. The average Bonchev–Trinajstić information content (AvgIpc) is 2.99. The monoisotopic (exact) mass is 310 g/mol. The predicted molar refractivity (Wildman–Crippen MR) is 81.4 cm³/mol. The Morgan fingerprint density at radius 2 is 2.36 bits per heavy atom. The number of hydrogen-bond acceptors (Lipinski definition) is 3. The van der Waals surface area contributed by atoms with Gasteiger partial charge in [0.2, 0.25) is 0 Å². The van der Waals surface area contributed by atoms with Gasteiger partial charge in [0.05, 0.1) is 13.2 Å². The quantitative estimate of drug-likeness (QED) is 0.871. The van der Waals surface area contributed by atoms with Crippen molar-refractivity contribution >= 4 is 6.03 Å². The Balaban J connectivity index is 1.78. The van der Waals surface area contributed by atoms with Crippen LogP contribution in [0.4, 0.5) is 9.18 Å². The summed E-state index contributed by atoms with van der Waals surface area (Å²) in [4.78, 5) is 13.8. The van der Waals surface area contributed by atoms with E-state index in [2.05, 4.69) is 5.32 Å². The first-order valence-electron chi connectivity index (χ1n) is 7.54. The summed E-state index contributed by atoms with van der Waals surface area (Å²) in [5.74, 6) is -0.0215. The van der Waals surface area contributed by atoms with Crippen LogP contribution in [0.1, 0.15) is 18.9 Å². The second-order valence-electron chi connectivity index (χ2n) is 5.69. The number of benzene rings is 1. The first-order valence-corrected chi connectivity index (χ1v) is 7.54. The van der Waals surface area contributed by atoms with Crippen LogP contribution in [0.15, 0.2) is 18.2 Å². The third-order valence-corrected chi connectivity index (χ3v) is 4.10. The molecule has 122 valence electrons. The Morgan fingerprint density at radius 1 is 1.59 bits per heavy atom. The number of likely N-dealkylation sites (tertiary alicyclic amines) is 1. The van der Waals surface area contributed by atoms with E-state index >= 15 is 0 Å². The minimum atomic E-state index is -0.392. The number of ether oxygens (including phenoxy) is 1. The molecule has 1 aliphatic rings. The molecule has 1 fully saturated rings. The van der Waals surface area contributed by atoms with Gasteiger partial charge >= 0.3 is 6.03 Å². The maximum atomic E-state index is 13.3. The Kier molecular flexibility index (Phi) is 5.60. The second-order valence-corrected chi connectivity index (χ2v) is 5.69. The Hall–Kier alpha value is -1.82. The molecule has 0 bridgehead atoms. The molecule has 2 atom stereocenters. The second kappa shape index (κ2) is 7.45. The minimum Gasteiger partial charge on any atom is -0.494 e. The van der Waals surface area contributed by atoms with Crippen molar-refractivity contribution in [1.82, 2.24) is 10.2 Å². The number of urea groups is 1. The summed E-state index contributed by atoms with van der Waals surface area (Å²) in [6, 6.07) is 4.57. The molecule has 5 nitrogen and oxygen atoms in total. The van der Waals surface area contributed by atoms with E-state index in [0.717, 1.165) is 12.0 Å². The molecule has 1 saturated heterocycles. The number of carbonyl (C=O) groups excluding carboxylic acids is 1. The van der Waals surface area contributed by atoms with Gasteiger partial charge in [-0.15, -0.1) is 0 Å². The highest BCUT2D eigenvalue weighted by molar-refractivity contribution is 5.74. The van der Waals surface area contributed by atoms with Crippen LogP contribution in [-0.4, -0.2) is 48.9 Å². The zero-order valence-electron chi connectivity index (χ0n) is 13.0. The van der Waals surface area contributed by atoms with Crippen LogP contribution in [0.3, 0.4) is 0 Å². The third-order valence-electron chi connectivity index (χ3n) is 4.10. The first-order chi connectivity index (χ1) is 10.5. The van der Waals surface area contributed by atoms with Gasteiger partial charge in [-0.3, -0.25) is 0 Å². The molecule has 0 aromatic heterocycles. The number of aliphatic hydroxyl groups excluding tert-OH is 1. The number of methoxy groups -OCH3 is 1. The summed E-state index contributed by atoms with van der Waals surface area (Å²) < 4.78 is 18.2. The van der Waals surface area contributed by atoms with Gasteiger partial charge in [0, 0.05) is 25.6 Å². The molecule has 2 amide bonds. The topological polar surface area (TPSA) is 61.8 Å². The molecule has 0 saturated carbocycles. The number of hydrogen-bond donors (Lipinski definition) is 2. The van der Waals surface area contributed by atoms with Crippen LogP contribution in [0, 0.1) is 11.7 Å². The van der Waals surface area contributed by atoms with Crippen LogP contribution < -0.4 is 10.1 Å². The van der Waals surface area contributed by atoms with Crippen LogP contribution in [-0.2, 0) is 6.42 Å².